The number of amides is 1. The van der Waals surface area contributed by atoms with E-state index < -0.39 is 10.8 Å². The largest absolute Gasteiger partial charge is 0.486 e. The summed E-state index contributed by atoms with van der Waals surface area (Å²) in [5.74, 6) is 0.556. The van der Waals surface area contributed by atoms with E-state index in [2.05, 4.69) is 0 Å². The van der Waals surface area contributed by atoms with E-state index in [0.29, 0.717) is 29.6 Å². The summed E-state index contributed by atoms with van der Waals surface area (Å²) >= 11 is 1.21. The van der Waals surface area contributed by atoms with E-state index in [-0.39, 0.29) is 11.3 Å². The van der Waals surface area contributed by atoms with E-state index >= 15 is 0 Å². The number of nitro benzene ring substituents is 1. The van der Waals surface area contributed by atoms with E-state index in [0.717, 1.165) is 4.90 Å². The fraction of sp³-hybridized carbons (Fsp3) is 0.133. The van der Waals surface area contributed by atoms with Gasteiger partial charge in [0.1, 0.15) is 13.2 Å². The highest BCUT2D eigenvalue weighted by Crippen LogP contribution is 2.39. The number of primary amides is 1. The molecule has 0 fully saturated rings. The van der Waals surface area contributed by atoms with Crippen molar-refractivity contribution in [3.05, 3.63) is 52.1 Å². The minimum absolute atomic E-state index is 0.100. The molecule has 3 rings (SSSR count). The summed E-state index contributed by atoms with van der Waals surface area (Å²) in [7, 11) is 0. The maximum atomic E-state index is 11.2. The lowest BCUT2D eigenvalue weighted by Crippen LogP contribution is -2.15. The number of carbonyl (C=O) groups excluding carboxylic acids is 1. The van der Waals surface area contributed by atoms with Crippen LogP contribution in [0.1, 0.15) is 10.4 Å². The normalized spacial score (nSPS) is 12.7. The zero-order chi connectivity index (χ0) is 16.4. The first-order valence-corrected chi connectivity index (χ1v) is 7.52. The van der Waals surface area contributed by atoms with Crippen LogP contribution in [0.2, 0.25) is 0 Å². The van der Waals surface area contributed by atoms with Crippen molar-refractivity contribution in [3.63, 3.8) is 0 Å². The van der Waals surface area contributed by atoms with Gasteiger partial charge in [-0.2, -0.15) is 0 Å². The summed E-state index contributed by atoms with van der Waals surface area (Å²) in [4.78, 5) is 23.0. The molecule has 0 saturated carbocycles. The Morgan fingerprint density at radius 2 is 1.87 bits per heavy atom. The lowest BCUT2D eigenvalue weighted by atomic mass is 10.2. The van der Waals surface area contributed by atoms with Crippen LogP contribution in [0, 0.1) is 10.1 Å². The van der Waals surface area contributed by atoms with Crippen molar-refractivity contribution in [2.45, 2.75) is 9.79 Å². The third-order valence-electron chi connectivity index (χ3n) is 3.18. The van der Waals surface area contributed by atoms with Crippen LogP contribution in [0.5, 0.6) is 11.5 Å². The average molecular weight is 332 g/mol. The molecule has 0 bridgehead atoms. The first-order chi connectivity index (χ1) is 11.0. The Labute approximate surface area is 135 Å². The molecule has 0 saturated heterocycles. The van der Waals surface area contributed by atoms with E-state index in [9.17, 15) is 14.9 Å². The number of hydrogen-bond donors (Lipinski definition) is 1. The van der Waals surface area contributed by atoms with E-state index in [4.69, 9.17) is 15.2 Å². The zero-order valence-corrected chi connectivity index (χ0v) is 12.7. The Bertz CT molecular complexity index is 793. The van der Waals surface area contributed by atoms with Gasteiger partial charge in [-0.25, -0.2) is 0 Å². The standard InChI is InChI=1S/C15H12N2O5S/c16-15(18)9-1-4-14(11(7-9)17(19)20)23-10-2-3-12-13(8-10)22-6-5-21-12/h1-4,7-8H,5-6H2,(H2,16,18). The Morgan fingerprint density at radius 1 is 1.13 bits per heavy atom. The maximum absolute atomic E-state index is 11.2. The summed E-state index contributed by atoms with van der Waals surface area (Å²) in [5, 5.41) is 11.2. The second-order valence-corrected chi connectivity index (χ2v) is 5.83. The van der Waals surface area contributed by atoms with Crippen molar-refractivity contribution in [1.82, 2.24) is 0 Å². The SMILES string of the molecule is NC(=O)c1ccc(Sc2ccc3c(c2)OCCO3)c([N+](=O)[O-])c1. The monoisotopic (exact) mass is 332 g/mol. The minimum Gasteiger partial charge on any atom is -0.486 e. The van der Waals surface area contributed by atoms with Crippen molar-refractivity contribution in [2.75, 3.05) is 13.2 Å². The molecule has 0 unspecified atom stereocenters. The molecule has 7 nitrogen and oxygen atoms in total. The topological polar surface area (TPSA) is 105 Å². The minimum atomic E-state index is -0.705. The fourth-order valence-electron chi connectivity index (χ4n) is 2.11. The molecule has 2 N–H and O–H groups in total. The molecule has 1 aliphatic rings. The first kappa shape index (κ1) is 15.2. The van der Waals surface area contributed by atoms with Crippen molar-refractivity contribution in [1.29, 1.82) is 0 Å². The second-order valence-electron chi connectivity index (χ2n) is 4.71. The molecular weight excluding hydrogens is 320 g/mol. The predicted molar refractivity (Wildman–Crippen MR) is 83.2 cm³/mol. The van der Waals surface area contributed by atoms with Gasteiger partial charge in [0.25, 0.3) is 5.69 Å². The van der Waals surface area contributed by atoms with Gasteiger partial charge in [0, 0.05) is 16.5 Å². The summed E-state index contributed by atoms with van der Waals surface area (Å²) < 4.78 is 10.9. The van der Waals surface area contributed by atoms with Crippen LogP contribution < -0.4 is 15.2 Å². The summed E-state index contributed by atoms with van der Waals surface area (Å²) in [6.45, 7) is 0.966. The number of ether oxygens (including phenoxy) is 2. The lowest BCUT2D eigenvalue weighted by Gasteiger charge is -2.18. The molecule has 8 heteroatoms. The number of fused-ring (bicyclic) bond motifs is 1. The Hall–Kier alpha value is -2.74. The van der Waals surface area contributed by atoms with Crippen LogP contribution in [0.15, 0.2) is 46.2 Å². The molecule has 118 valence electrons. The molecule has 0 atom stereocenters. The molecule has 1 aliphatic heterocycles. The summed E-state index contributed by atoms with van der Waals surface area (Å²) in [5.41, 5.74) is 5.10. The van der Waals surface area contributed by atoms with E-state index in [1.54, 1.807) is 18.2 Å². The van der Waals surface area contributed by atoms with Crippen molar-refractivity contribution < 1.29 is 19.2 Å². The quantitative estimate of drug-likeness (QED) is 0.681. The van der Waals surface area contributed by atoms with Gasteiger partial charge in [-0.15, -0.1) is 0 Å². The van der Waals surface area contributed by atoms with Gasteiger partial charge in [-0.3, -0.25) is 14.9 Å². The van der Waals surface area contributed by atoms with Gasteiger partial charge < -0.3 is 15.2 Å². The summed E-state index contributed by atoms with van der Waals surface area (Å²) in [6.07, 6.45) is 0. The van der Waals surface area contributed by atoms with Crippen LogP contribution in [0.3, 0.4) is 0 Å². The van der Waals surface area contributed by atoms with Gasteiger partial charge in [0.05, 0.1) is 9.82 Å². The average Bonchev–Trinajstić information content (AvgIpc) is 2.54. The molecule has 23 heavy (non-hydrogen) atoms. The van der Waals surface area contributed by atoms with Crippen LogP contribution in [-0.4, -0.2) is 24.0 Å². The molecule has 0 spiro atoms. The van der Waals surface area contributed by atoms with E-state index in [1.807, 2.05) is 0 Å². The molecule has 2 aromatic carbocycles. The zero-order valence-electron chi connectivity index (χ0n) is 11.9. The Morgan fingerprint density at radius 3 is 2.57 bits per heavy atom. The second kappa shape index (κ2) is 6.17. The molecular formula is C15H12N2O5S. The number of hydrogen-bond acceptors (Lipinski definition) is 6. The summed E-state index contributed by atoms with van der Waals surface area (Å²) in [6, 6.07) is 9.49. The first-order valence-electron chi connectivity index (χ1n) is 6.70. The van der Waals surface area contributed by atoms with Gasteiger partial charge in [-0.05, 0) is 30.3 Å². The van der Waals surface area contributed by atoms with Gasteiger partial charge in [0.15, 0.2) is 11.5 Å². The van der Waals surface area contributed by atoms with Crippen LogP contribution >= 0.6 is 11.8 Å². The predicted octanol–water partition coefficient (Wildman–Crippen LogP) is 2.62. The third kappa shape index (κ3) is 3.21. The number of nitrogens with two attached hydrogens (primary N) is 1. The Balaban J connectivity index is 1.93. The number of nitrogens with zero attached hydrogens (tertiary/aromatic N) is 1. The third-order valence-corrected chi connectivity index (χ3v) is 4.24. The Kier molecular flexibility index (Phi) is 4.07. The molecule has 1 heterocycles. The number of rotatable bonds is 4. The molecule has 2 aromatic rings. The highest BCUT2D eigenvalue weighted by molar-refractivity contribution is 7.99. The van der Waals surface area contributed by atoms with Gasteiger partial charge >= 0.3 is 0 Å². The van der Waals surface area contributed by atoms with Crippen molar-refractivity contribution in [3.8, 4) is 11.5 Å². The van der Waals surface area contributed by atoms with Crippen LogP contribution in [0.25, 0.3) is 0 Å². The van der Waals surface area contributed by atoms with Gasteiger partial charge in [-0.1, -0.05) is 11.8 Å². The lowest BCUT2D eigenvalue weighted by molar-refractivity contribution is -0.387. The number of benzene rings is 2. The molecule has 0 radical (unpaired) electrons. The molecule has 1 amide bonds. The maximum Gasteiger partial charge on any atom is 0.284 e. The van der Waals surface area contributed by atoms with Crippen LogP contribution in [0.4, 0.5) is 5.69 Å². The van der Waals surface area contributed by atoms with Crippen molar-refractivity contribution in [2.24, 2.45) is 5.73 Å². The number of carbonyl (C=O) groups is 1. The smallest absolute Gasteiger partial charge is 0.284 e. The number of nitro groups is 1. The van der Waals surface area contributed by atoms with Crippen LogP contribution in [-0.2, 0) is 0 Å². The van der Waals surface area contributed by atoms with Crippen molar-refractivity contribution >= 4 is 23.4 Å². The van der Waals surface area contributed by atoms with E-state index in [1.165, 1.54) is 30.0 Å². The molecule has 0 aromatic heterocycles. The highest BCUT2D eigenvalue weighted by Gasteiger charge is 2.19. The highest BCUT2D eigenvalue weighted by atomic mass is 32.2. The molecule has 0 aliphatic carbocycles. The van der Waals surface area contributed by atoms with Gasteiger partial charge in [0.2, 0.25) is 5.91 Å². The fourth-order valence-corrected chi connectivity index (χ4v) is 3.04.